The summed E-state index contributed by atoms with van der Waals surface area (Å²) in [7, 11) is 4.67. The van der Waals surface area contributed by atoms with Gasteiger partial charge in [-0.1, -0.05) is 78.9 Å². The Morgan fingerprint density at radius 2 is 0.917 bits per heavy atom. The van der Waals surface area contributed by atoms with Crippen molar-refractivity contribution in [3.63, 3.8) is 0 Å². The molecule has 9 rings (SSSR count). The van der Waals surface area contributed by atoms with Gasteiger partial charge >= 0.3 is 27.2 Å². The van der Waals surface area contributed by atoms with E-state index in [0.29, 0.717) is 0 Å². The number of imidazole rings is 1. The van der Waals surface area contributed by atoms with Crippen LogP contribution < -0.4 is 0 Å². The van der Waals surface area contributed by atoms with E-state index in [1.807, 2.05) is 91.5 Å². The number of aromatic nitrogens is 6. The number of hydrogen-bond donors (Lipinski definition) is 0. The van der Waals surface area contributed by atoms with Crippen molar-refractivity contribution >= 4 is 42.0 Å². The number of rotatable bonds is 4. The maximum atomic E-state index is 4.67. The van der Waals surface area contributed by atoms with Gasteiger partial charge in [0.15, 0.2) is 0 Å². The number of nitrogens with zero attached hydrogens (tertiary/aromatic N) is 6. The predicted octanol–water partition coefficient (Wildman–Crippen LogP) is 9.80. The van der Waals surface area contributed by atoms with E-state index in [-0.39, 0.29) is 0 Å². The molecular formula is C40H30ClN6Os. The molecule has 0 atom stereocenters. The van der Waals surface area contributed by atoms with Crippen molar-refractivity contribution in [2.45, 2.75) is 6.54 Å². The minimum absolute atomic E-state index is 0.855. The topological polar surface area (TPSA) is 69.4 Å². The normalized spacial score (nSPS) is 10.4. The van der Waals surface area contributed by atoms with Gasteiger partial charge in [0.05, 0.1) is 29.1 Å². The van der Waals surface area contributed by atoms with Crippen LogP contribution in [-0.4, -0.2) is 29.5 Å². The van der Waals surface area contributed by atoms with Gasteiger partial charge in [-0.05, 0) is 86.4 Å². The van der Waals surface area contributed by atoms with Crippen molar-refractivity contribution in [1.82, 2.24) is 29.5 Å². The SMILES string of the molecule is [Cl][Os].c1cc2ccc3ccc(Cn4ccnc4)c4ccc(c1)c2c34.c1ccc(-c2ccccn2)nc1.c1ccc(-c2ccccn2)nc1. The van der Waals surface area contributed by atoms with E-state index in [0.717, 1.165) is 29.3 Å². The first-order chi connectivity index (χ1) is 23.8. The second-order valence-electron chi connectivity index (χ2n) is 10.7. The molecule has 0 amide bonds. The van der Waals surface area contributed by atoms with Crippen molar-refractivity contribution in [3.8, 4) is 22.8 Å². The summed E-state index contributed by atoms with van der Waals surface area (Å²) in [5.41, 5.74) is 5.00. The average molecular weight is 820 g/mol. The molecule has 9 aromatic rings. The summed E-state index contributed by atoms with van der Waals surface area (Å²) in [5.74, 6) is 0. The van der Waals surface area contributed by atoms with Crippen LogP contribution in [0.3, 0.4) is 0 Å². The van der Waals surface area contributed by atoms with Crippen LogP contribution in [0.2, 0.25) is 0 Å². The second kappa shape index (κ2) is 16.5. The first-order valence-electron chi connectivity index (χ1n) is 15.2. The molecule has 5 heterocycles. The molecule has 0 aliphatic carbocycles. The fourth-order valence-electron chi connectivity index (χ4n) is 5.57. The first kappa shape index (κ1) is 32.6. The van der Waals surface area contributed by atoms with Crippen LogP contribution >= 0.6 is 9.64 Å². The van der Waals surface area contributed by atoms with Gasteiger partial charge in [-0.3, -0.25) is 19.9 Å². The molecule has 0 saturated heterocycles. The molecule has 0 fully saturated rings. The number of hydrogen-bond acceptors (Lipinski definition) is 5. The fraction of sp³-hybridized carbons (Fsp3) is 0.0250. The third kappa shape index (κ3) is 7.78. The summed E-state index contributed by atoms with van der Waals surface area (Å²) in [5, 5.41) is 8.05. The molecule has 235 valence electrons. The first-order valence-corrected chi connectivity index (χ1v) is 18.4. The van der Waals surface area contributed by atoms with E-state index >= 15 is 0 Å². The van der Waals surface area contributed by atoms with Gasteiger partial charge < -0.3 is 4.57 Å². The average Bonchev–Trinajstić information content (AvgIpc) is 3.70. The zero-order valence-corrected chi connectivity index (χ0v) is 29.1. The number of benzene rings is 4. The van der Waals surface area contributed by atoms with Crippen LogP contribution in [0.15, 0.2) is 171 Å². The maximum Gasteiger partial charge on any atom is 0.0949 e. The minimum atomic E-state index is 0.855. The minimum Gasteiger partial charge on any atom is -0.333 e. The van der Waals surface area contributed by atoms with E-state index in [4.69, 9.17) is 0 Å². The summed E-state index contributed by atoms with van der Waals surface area (Å²) in [4.78, 5) is 20.9. The largest absolute Gasteiger partial charge is 0.333 e. The third-order valence-electron chi connectivity index (χ3n) is 7.72. The van der Waals surface area contributed by atoms with Crippen LogP contribution in [0.25, 0.3) is 55.1 Å². The van der Waals surface area contributed by atoms with E-state index in [1.165, 1.54) is 55.5 Å². The molecule has 8 heteroatoms. The van der Waals surface area contributed by atoms with Crippen molar-refractivity contribution in [2.24, 2.45) is 0 Å². The Kier molecular flexibility index (Phi) is 11.2. The molecular weight excluding hydrogens is 790 g/mol. The Morgan fingerprint density at radius 1 is 0.458 bits per heavy atom. The molecule has 48 heavy (non-hydrogen) atoms. The summed E-state index contributed by atoms with van der Waals surface area (Å²) < 4.78 is 2.12. The quantitative estimate of drug-likeness (QED) is 0.166. The van der Waals surface area contributed by atoms with Gasteiger partial charge in [0, 0.05) is 43.7 Å². The molecule has 0 spiro atoms. The van der Waals surface area contributed by atoms with Crippen LogP contribution in [0.5, 0.6) is 0 Å². The summed E-state index contributed by atoms with van der Waals surface area (Å²) in [6, 6.07) is 43.1. The molecule has 0 radical (unpaired) electrons. The van der Waals surface area contributed by atoms with Crippen molar-refractivity contribution < 1.29 is 17.6 Å². The molecule has 0 aliphatic heterocycles. The Labute approximate surface area is 293 Å². The van der Waals surface area contributed by atoms with Gasteiger partial charge in [-0.15, -0.1) is 0 Å². The Hall–Kier alpha value is -5.34. The molecule has 0 aliphatic rings. The summed E-state index contributed by atoms with van der Waals surface area (Å²) >= 11 is 1.33. The van der Waals surface area contributed by atoms with E-state index < -0.39 is 0 Å². The Morgan fingerprint density at radius 3 is 1.35 bits per heavy atom. The van der Waals surface area contributed by atoms with Crippen molar-refractivity contribution in [1.29, 1.82) is 0 Å². The van der Waals surface area contributed by atoms with Crippen LogP contribution in [0, 0.1) is 0 Å². The monoisotopic (exact) mass is 821 g/mol. The van der Waals surface area contributed by atoms with Crippen molar-refractivity contribution in [3.05, 3.63) is 176 Å². The van der Waals surface area contributed by atoms with Crippen LogP contribution in [0.4, 0.5) is 0 Å². The van der Waals surface area contributed by atoms with Gasteiger partial charge in [-0.25, -0.2) is 4.98 Å². The van der Waals surface area contributed by atoms with E-state index in [9.17, 15) is 0 Å². The molecule has 0 N–H and O–H groups in total. The Balaban J connectivity index is 0.000000132. The predicted molar refractivity (Wildman–Crippen MR) is 192 cm³/mol. The number of pyridine rings is 4. The van der Waals surface area contributed by atoms with E-state index in [1.54, 1.807) is 24.8 Å². The second-order valence-corrected chi connectivity index (χ2v) is 10.7. The number of halogens is 1. The molecule has 4 aromatic carbocycles. The molecule has 0 unspecified atom stereocenters. The fourth-order valence-corrected chi connectivity index (χ4v) is 5.57. The maximum absolute atomic E-state index is 4.67. The van der Waals surface area contributed by atoms with Crippen LogP contribution in [0.1, 0.15) is 5.56 Å². The summed E-state index contributed by atoms with van der Waals surface area (Å²) in [6.07, 6.45) is 12.8. The third-order valence-corrected chi connectivity index (χ3v) is 7.72. The smallest absolute Gasteiger partial charge is 0.0949 e. The molecule has 6 nitrogen and oxygen atoms in total. The zero-order chi connectivity index (χ0) is 33.0. The van der Waals surface area contributed by atoms with E-state index in [2.05, 4.69) is 93.7 Å². The summed E-state index contributed by atoms with van der Waals surface area (Å²) in [6.45, 7) is 0.855. The molecule has 5 aromatic heterocycles. The van der Waals surface area contributed by atoms with Gasteiger partial charge in [0.25, 0.3) is 0 Å². The molecule has 0 saturated carbocycles. The van der Waals surface area contributed by atoms with Crippen LogP contribution in [-0.2, 0) is 24.1 Å². The Bertz CT molecular complexity index is 2100. The van der Waals surface area contributed by atoms with Gasteiger partial charge in [0.2, 0.25) is 0 Å². The van der Waals surface area contributed by atoms with Gasteiger partial charge in [0.1, 0.15) is 0 Å². The standard InChI is InChI=1S/C20H14N2.2C10H8N2.ClH.Os/c1-2-14-4-5-16-6-7-17(12-22-11-10-21-13-22)18-9-8-15(3-1)19(14)20(16)18;2*1-3-7-11-9(5-1)10-6-2-4-8-12-10;;/h1-11,13H,12H2;2*1-8H;1H;/q;;;;+1/p-1. The zero-order valence-electron chi connectivity index (χ0n) is 25.8. The van der Waals surface area contributed by atoms with Gasteiger partial charge in [-0.2, -0.15) is 0 Å². The molecule has 0 bridgehead atoms. The van der Waals surface area contributed by atoms with Crippen molar-refractivity contribution in [2.75, 3.05) is 0 Å².